The zero-order valence-electron chi connectivity index (χ0n) is 21.1. The van der Waals surface area contributed by atoms with Crippen molar-refractivity contribution < 1.29 is 14.3 Å². The van der Waals surface area contributed by atoms with E-state index in [1.54, 1.807) is 6.92 Å². The van der Waals surface area contributed by atoms with Crippen molar-refractivity contribution in [3.8, 4) is 0 Å². The molecule has 7 nitrogen and oxygen atoms in total. The largest absolute Gasteiger partial charge is 0.618 e. The highest BCUT2D eigenvalue weighted by molar-refractivity contribution is 5.91. The van der Waals surface area contributed by atoms with Crippen molar-refractivity contribution in [2.75, 3.05) is 13.1 Å². The van der Waals surface area contributed by atoms with Gasteiger partial charge in [0.2, 0.25) is 17.8 Å². The van der Waals surface area contributed by atoms with Crippen molar-refractivity contribution in [2.45, 2.75) is 65.2 Å². The first-order valence-electron chi connectivity index (χ1n) is 12.4. The molecule has 0 aliphatic carbocycles. The fourth-order valence-corrected chi connectivity index (χ4v) is 2.89. The molecule has 0 bridgehead atoms. The third-order valence-electron chi connectivity index (χ3n) is 4.88. The zero-order chi connectivity index (χ0) is 25.6. The normalized spacial score (nSPS) is 12.1. The van der Waals surface area contributed by atoms with Gasteiger partial charge in [-0.3, -0.25) is 9.59 Å². The predicted octanol–water partition coefficient (Wildman–Crippen LogP) is 4.79. The first kappa shape index (κ1) is 29.6. The highest BCUT2D eigenvalue weighted by Crippen LogP contribution is 1.99. The fraction of sp³-hybridized carbons (Fsp3) is 0.429. The number of rotatable bonds is 17. The van der Waals surface area contributed by atoms with Crippen LogP contribution in [0.5, 0.6) is 0 Å². The van der Waals surface area contributed by atoms with E-state index in [1.807, 2.05) is 0 Å². The van der Waals surface area contributed by atoms with Gasteiger partial charge < -0.3 is 15.8 Å². The molecule has 0 spiro atoms. The number of hydrogen-bond acceptors (Lipinski definition) is 4. The second-order valence-corrected chi connectivity index (χ2v) is 7.95. The number of hydrogen-bond donors (Lipinski definition) is 2. The maximum absolute atomic E-state index is 11.9. The number of allylic oxidation sites excluding steroid dienone is 10. The van der Waals surface area contributed by atoms with Crippen LogP contribution in [-0.2, 0) is 4.79 Å². The fourth-order valence-electron chi connectivity index (χ4n) is 2.89. The lowest BCUT2D eigenvalue weighted by Gasteiger charge is -2.07. The molecule has 0 aromatic carbocycles. The molecule has 1 rings (SSSR count). The minimum atomic E-state index is -0.442. The molecule has 0 saturated heterocycles. The monoisotopic (exact) mass is 480 g/mol. The molecule has 2 amide bonds. The van der Waals surface area contributed by atoms with Gasteiger partial charge in [-0.1, -0.05) is 67.7 Å². The molecule has 0 aliphatic heterocycles. The topological polar surface area (TPSA) is 98.0 Å². The number of nitrogens with one attached hydrogen (secondary N) is 2. The van der Waals surface area contributed by atoms with Crippen LogP contribution in [0.15, 0.2) is 73.2 Å². The molecule has 0 fully saturated rings. The third-order valence-corrected chi connectivity index (χ3v) is 4.88. The Hall–Kier alpha value is -3.48. The van der Waals surface area contributed by atoms with Gasteiger partial charge in [-0.2, -0.15) is 4.73 Å². The molecule has 0 saturated carbocycles. The Balaban J connectivity index is 2.00. The van der Waals surface area contributed by atoms with Crippen molar-refractivity contribution in [2.24, 2.45) is 0 Å². The molecule has 0 radical (unpaired) electrons. The van der Waals surface area contributed by atoms with Crippen LogP contribution in [-0.4, -0.2) is 29.9 Å². The van der Waals surface area contributed by atoms with Crippen LogP contribution in [0.25, 0.3) is 0 Å². The van der Waals surface area contributed by atoms with Crippen molar-refractivity contribution in [1.82, 2.24) is 15.6 Å². The Bertz CT molecular complexity index is 901. The minimum Gasteiger partial charge on any atom is -0.618 e. The highest BCUT2D eigenvalue weighted by Gasteiger charge is 2.11. The zero-order valence-corrected chi connectivity index (χ0v) is 21.1. The van der Waals surface area contributed by atoms with Crippen LogP contribution >= 0.6 is 0 Å². The van der Waals surface area contributed by atoms with Gasteiger partial charge in [-0.05, 0) is 44.9 Å². The van der Waals surface area contributed by atoms with E-state index in [0.29, 0.717) is 23.4 Å². The second-order valence-electron chi connectivity index (χ2n) is 7.95. The van der Waals surface area contributed by atoms with Crippen LogP contribution in [0.4, 0.5) is 0 Å². The number of nitrogens with zero attached hydrogens (tertiary/aromatic N) is 2. The Morgan fingerprint density at radius 1 is 0.886 bits per heavy atom. The summed E-state index contributed by atoms with van der Waals surface area (Å²) in [6, 6.07) is 0. The van der Waals surface area contributed by atoms with E-state index in [1.165, 1.54) is 6.20 Å². The SMILES string of the molecule is CCC=CCC=CCC=CCC=CCC=CCCCC(=O)NCCNC(=O)c1c[n+]([O-])c(C)cn1. The predicted molar refractivity (Wildman–Crippen MR) is 142 cm³/mol. The van der Waals surface area contributed by atoms with Crippen LogP contribution < -0.4 is 15.4 Å². The summed E-state index contributed by atoms with van der Waals surface area (Å²) in [6.45, 7) is 4.35. The maximum Gasteiger partial charge on any atom is 0.276 e. The molecular weight excluding hydrogens is 440 g/mol. The molecule has 1 aromatic heterocycles. The second kappa shape index (κ2) is 19.9. The number of carbonyl (C=O) groups is 2. The van der Waals surface area contributed by atoms with E-state index < -0.39 is 5.91 Å². The van der Waals surface area contributed by atoms with Gasteiger partial charge in [0.15, 0.2) is 5.69 Å². The molecule has 35 heavy (non-hydrogen) atoms. The minimum absolute atomic E-state index is 0.0440. The van der Waals surface area contributed by atoms with Gasteiger partial charge >= 0.3 is 0 Å². The summed E-state index contributed by atoms with van der Waals surface area (Å²) in [5.74, 6) is -0.486. The molecule has 1 aromatic rings. The summed E-state index contributed by atoms with van der Waals surface area (Å²) in [5, 5.41) is 16.9. The number of unbranched alkanes of at least 4 members (excludes halogenated alkanes) is 1. The summed E-state index contributed by atoms with van der Waals surface area (Å²) < 4.78 is 0.598. The van der Waals surface area contributed by atoms with Gasteiger partial charge in [0.1, 0.15) is 0 Å². The van der Waals surface area contributed by atoms with Gasteiger partial charge in [-0.25, -0.2) is 4.98 Å². The summed E-state index contributed by atoms with van der Waals surface area (Å²) >= 11 is 0. The average Bonchev–Trinajstić information content (AvgIpc) is 2.85. The molecule has 2 N–H and O–H groups in total. The molecule has 0 atom stereocenters. The van der Waals surface area contributed by atoms with Crippen LogP contribution in [0, 0.1) is 12.1 Å². The molecular formula is C28H40N4O3. The van der Waals surface area contributed by atoms with E-state index in [9.17, 15) is 14.8 Å². The lowest BCUT2D eigenvalue weighted by molar-refractivity contribution is -0.613. The Kier molecular flexibility index (Phi) is 16.8. The van der Waals surface area contributed by atoms with E-state index in [2.05, 4.69) is 83.3 Å². The maximum atomic E-state index is 11.9. The molecule has 190 valence electrons. The number of carbonyl (C=O) groups excluding carboxylic acids is 2. The third kappa shape index (κ3) is 15.9. The van der Waals surface area contributed by atoms with E-state index >= 15 is 0 Å². The Morgan fingerprint density at radius 3 is 2.00 bits per heavy atom. The first-order valence-corrected chi connectivity index (χ1v) is 12.4. The lowest BCUT2D eigenvalue weighted by atomic mass is 10.2. The van der Waals surface area contributed by atoms with Crippen molar-refractivity contribution >= 4 is 11.8 Å². The van der Waals surface area contributed by atoms with E-state index in [0.717, 1.165) is 51.1 Å². The highest BCUT2D eigenvalue weighted by atomic mass is 16.5. The van der Waals surface area contributed by atoms with Gasteiger partial charge in [0.05, 0.1) is 6.20 Å². The number of aromatic nitrogens is 2. The van der Waals surface area contributed by atoms with Gasteiger partial charge in [-0.15, -0.1) is 0 Å². The first-order chi connectivity index (χ1) is 17.0. The lowest BCUT2D eigenvalue weighted by Crippen LogP contribution is -2.37. The Morgan fingerprint density at radius 2 is 1.43 bits per heavy atom. The van der Waals surface area contributed by atoms with Crippen molar-refractivity contribution in [3.05, 3.63) is 89.7 Å². The quantitative estimate of drug-likeness (QED) is 0.145. The van der Waals surface area contributed by atoms with Crippen LogP contribution in [0.1, 0.15) is 74.5 Å². The van der Waals surface area contributed by atoms with Crippen LogP contribution in [0.3, 0.4) is 0 Å². The standard InChI is InChI=1S/C28H40N4O3/c1-3-4-5-6-7-8-9-10-11-12-13-14-15-16-17-18-19-20-27(33)29-21-22-30-28(34)26-24-32(35)25(2)23-31-26/h4-5,7-8,10-11,13-14,16-17,23-24H,3,6,9,12,15,18-22H2,1-2H3,(H,29,33)(H,30,34). The Labute approximate surface area is 210 Å². The number of amides is 2. The van der Waals surface area contributed by atoms with Crippen molar-refractivity contribution in [3.63, 3.8) is 0 Å². The van der Waals surface area contributed by atoms with Crippen molar-refractivity contribution in [1.29, 1.82) is 0 Å². The van der Waals surface area contributed by atoms with Gasteiger partial charge in [0.25, 0.3) is 5.91 Å². The molecule has 1 heterocycles. The van der Waals surface area contributed by atoms with E-state index in [4.69, 9.17) is 0 Å². The molecule has 0 unspecified atom stereocenters. The summed E-state index contributed by atoms with van der Waals surface area (Å²) in [7, 11) is 0. The number of aryl methyl sites for hydroxylation is 1. The molecule has 0 aliphatic rings. The summed E-state index contributed by atoms with van der Waals surface area (Å²) in [4.78, 5) is 27.7. The molecule has 7 heteroatoms. The summed E-state index contributed by atoms with van der Waals surface area (Å²) in [6.07, 6.45) is 31.1. The smallest absolute Gasteiger partial charge is 0.276 e. The van der Waals surface area contributed by atoms with Gasteiger partial charge in [0, 0.05) is 26.4 Å². The average molecular weight is 481 g/mol. The van der Waals surface area contributed by atoms with Crippen LogP contribution in [0.2, 0.25) is 0 Å². The van der Waals surface area contributed by atoms with E-state index in [-0.39, 0.29) is 18.1 Å². The summed E-state index contributed by atoms with van der Waals surface area (Å²) in [5.41, 5.74) is 0.465.